The maximum absolute atomic E-state index is 4.37. The zero-order valence-corrected chi connectivity index (χ0v) is 19.1. The van der Waals surface area contributed by atoms with Crippen molar-refractivity contribution in [3.05, 3.63) is 46.7 Å². The molecule has 1 atom stereocenters. The highest BCUT2D eigenvalue weighted by Gasteiger charge is 2.21. The van der Waals surface area contributed by atoms with E-state index in [4.69, 9.17) is 0 Å². The minimum Gasteiger partial charge on any atom is -0.367 e. The third-order valence-electron chi connectivity index (χ3n) is 4.42. The zero-order valence-electron chi connectivity index (χ0n) is 15.2. The van der Waals surface area contributed by atoms with Crippen molar-refractivity contribution in [2.45, 2.75) is 25.4 Å². The lowest BCUT2D eigenvalue weighted by atomic mass is 10.1. The van der Waals surface area contributed by atoms with Crippen molar-refractivity contribution in [2.24, 2.45) is 12.0 Å². The number of halogens is 2. The van der Waals surface area contributed by atoms with Gasteiger partial charge in [-0.2, -0.15) is 5.10 Å². The van der Waals surface area contributed by atoms with Gasteiger partial charge in [0, 0.05) is 50.4 Å². The first-order valence-electron chi connectivity index (χ1n) is 8.59. The number of nitrogens with zero attached hydrogens (tertiary/aromatic N) is 4. The molecule has 8 heteroatoms. The summed E-state index contributed by atoms with van der Waals surface area (Å²) >= 11 is 3.46. The third kappa shape index (κ3) is 5.87. The summed E-state index contributed by atoms with van der Waals surface area (Å²) in [6.45, 7) is 2.80. The Morgan fingerprint density at radius 1 is 1.35 bits per heavy atom. The van der Waals surface area contributed by atoms with Crippen LogP contribution in [0.2, 0.25) is 0 Å². The summed E-state index contributed by atoms with van der Waals surface area (Å²) in [4.78, 5) is 6.75. The van der Waals surface area contributed by atoms with E-state index in [1.165, 1.54) is 11.3 Å². The van der Waals surface area contributed by atoms with Crippen LogP contribution in [-0.4, -0.2) is 41.9 Å². The molecule has 3 rings (SSSR count). The molecule has 1 saturated heterocycles. The normalized spacial score (nSPS) is 17.6. The van der Waals surface area contributed by atoms with Gasteiger partial charge >= 0.3 is 0 Å². The molecule has 6 nitrogen and oxygen atoms in total. The number of benzene rings is 1. The SMILES string of the molecule is CN=C(NCc1ccc(Br)cc1)NC1CCCN(c2cnn(C)c2)C1.I. The van der Waals surface area contributed by atoms with Crippen molar-refractivity contribution in [2.75, 3.05) is 25.0 Å². The summed E-state index contributed by atoms with van der Waals surface area (Å²) in [7, 11) is 3.77. The number of rotatable bonds is 4. The predicted octanol–water partition coefficient (Wildman–Crippen LogP) is 3.13. The highest BCUT2D eigenvalue weighted by molar-refractivity contribution is 14.0. The minimum atomic E-state index is 0. The van der Waals surface area contributed by atoms with E-state index in [9.17, 15) is 0 Å². The number of guanidine groups is 1. The Hall–Kier alpha value is -1.29. The number of aryl methyl sites for hydroxylation is 1. The van der Waals surface area contributed by atoms with E-state index in [2.05, 4.69) is 72.0 Å². The molecule has 1 fully saturated rings. The molecule has 1 unspecified atom stereocenters. The quantitative estimate of drug-likeness (QED) is 0.361. The van der Waals surface area contributed by atoms with Gasteiger partial charge < -0.3 is 15.5 Å². The van der Waals surface area contributed by atoms with Crippen LogP contribution in [0.4, 0.5) is 5.69 Å². The molecule has 0 amide bonds. The Bertz CT molecular complexity index is 715. The first-order valence-corrected chi connectivity index (χ1v) is 9.38. The van der Waals surface area contributed by atoms with Gasteiger partial charge in [-0.3, -0.25) is 9.67 Å². The lowest BCUT2D eigenvalue weighted by Gasteiger charge is -2.34. The van der Waals surface area contributed by atoms with Gasteiger partial charge in [0.05, 0.1) is 11.9 Å². The molecule has 142 valence electrons. The van der Waals surface area contributed by atoms with Crippen LogP contribution in [0, 0.1) is 0 Å². The minimum absolute atomic E-state index is 0. The Morgan fingerprint density at radius 2 is 2.12 bits per heavy atom. The maximum atomic E-state index is 4.37. The van der Waals surface area contributed by atoms with Crippen LogP contribution in [0.3, 0.4) is 0 Å². The van der Waals surface area contributed by atoms with Gasteiger partial charge in [-0.15, -0.1) is 24.0 Å². The van der Waals surface area contributed by atoms with Crippen LogP contribution < -0.4 is 15.5 Å². The highest BCUT2D eigenvalue weighted by Crippen LogP contribution is 2.19. The van der Waals surface area contributed by atoms with Crippen LogP contribution >= 0.6 is 39.9 Å². The third-order valence-corrected chi connectivity index (χ3v) is 4.94. The van der Waals surface area contributed by atoms with Crippen molar-refractivity contribution in [1.29, 1.82) is 0 Å². The molecule has 2 aromatic rings. The fraction of sp³-hybridized carbons (Fsp3) is 0.444. The second-order valence-corrected chi connectivity index (χ2v) is 7.27. The van der Waals surface area contributed by atoms with E-state index in [1.54, 1.807) is 0 Å². The van der Waals surface area contributed by atoms with Gasteiger partial charge in [-0.25, -0.2) is 0 Å². The summed E-state index contributed by atoms with van der Waals surface area (Å²) in [5, 5.41) is 11.2. The molecule has 2 heterocycles. The molecule has 0 saturated carbocycles. The lowest BCUT2D eigenvalue weighted by Crippen LogP contribution is -2.51. The van der Waals surface area contributed by atoms with Crippen molar-refractivity contribution < 1.29 is 0 Å². The van der Waals surface area contributed by atoms with Crippen molar-refractivity contribution >= 4 is 51.6 Å². The van der Waals surface area contributed by atoms with E-state index in [0.29, 0.717) is 6.04 Å². The number of piperidine rings is 1. The van der Waals surface area contributed by atoms with Gasteiger partial charge in [-0.05, 0) is 30.5 Å². The van der Waals surface area contributed by atoms with E-state index in [0.717, 1.165) is 42.9 Å². The lowest BCUT2D eigenvalue weighted by molar-refractivity contribution is 0.468. The molecule has 1 aliphatic heterocycles. The van der Waals surface area contributed by atoms with Gasteiger partial charge in [0.2, 0.25) is 0 Å². The summed E-state index contributed by atoms with van der Waals surface area (Å²) in [5.41, 5.74) is 2.42. The van der Waals surface area contributed by atoms with Gasteiger partial charge in [-0.1, -0.05) is 28.1 Å². The Kier molecular flexibility index (Phi) is 8.20. The number of aromatic nitrogens is 2. The topological polar surface area (TPSA) is 57.5 Å². The van der Waals surface area contributed by atoms with E-state index < -0.39 is 0 Å². The van der Waals surface area contributed by atoms with Crippen LogP contribution in [0.15, 0.2) is 46.1 Å². The van der Waals surface area contributed by atoms with Gasteiger partial charge in [0.25, 0.3) is 0 Å². The number of aliphatic imine (C=N–C) groups is 1. The number of hydrogen-bond acceptors (Lipinski definition) is 3. The van der Waals surface area contributed by atoms with Crippen molar-refractivity contribution in [3.63, 3.8) is 0 Å². The van der Waals surface area contributed by atoms with Gasteiger partial charge in [0.1, 0.15) is 0 Å². The van der Waals surface area contributed by atoms with E-state index in [-0.39, 0.29) is 24.0 Å². The molecule has 1 aliphatic rings. The molecule has 1 aromatic heterocycles. The summed E-state index contributed by atoms with van der Waals surface area (Å²) in [6, 6.07) is 8.70. The van der Waals surface area contributed by atoms with Crippen LogP contribution in [-0.2, 0) is 13.6 Å². The first-order chi connectivity index (χ1) is 12.1. The van der Waals surface area contributed by atoms with Crippen LogP contribution in [0.25, 0.3) is 0 Å². The van der Waals surface area contributed by atoms with Crippen LogP contribution in [0.5, 0.6) is 0 Å². The standard InChI is InChI=1S/C18H25BrN6.HI/c1-20-18(21-10-14-5-7-15(19)8-6-14)23-16-4-3-9-25(12-16)17-11-22-24(2)13-17;/h5-8,11,13,16H,3-4,9-10,12H2,1-2H3,(H2,20,21,23);1H. The smallest absolute Gasteiger partial charge is 0.191 e. The Morgan fingerprint density at radius 3 is 2.77 bits per heavy atom. The molecule has 0 bridgehead atoms. The fourth-order valence-electron chi connectivity index (χ4n) is 3.08. The van der Waals surface area contributed by atoms with Crippen molar-refractivity contribution in [3.8, 4) is 0 Å². The molecule has 26 heavy (non-hydrogen) atoms. The van der Waals surface area contributed by atoms with Gasteiger partial charge in [0.15, 0.2) is 5.96 Å². The summed E-state index contributed by atoms with van der Waals surface area (Å²) in [6.07, 6.45) is 6.32. The highest BCUT2D eigenvalue weighted by atomic mass is 127. The average Bonchev–Trinajstić information content (AvgIpc) is 3.07. The number of nitrogens with one attached hydrogen (secondary N) is 2. The largest absolute Gasteiger partial charge is 0.367 e. The van der Waals surface area contributed by atoms with Crippen LogP contribution in [0.1, 0.15) is 18.4 Å². The molecule has 0 spiro atoms. The molecule has 2 N–H and O–H groups in total. The average molecular weight is 533 g/mol. The Balaban J connectivity index is 0.00000243. The summed E-state index contributed by atoms with van der Waals surface area (Å²) in [5.74, 6) is 0.848. The molecule has 0 radical (unpaired) electrons. The predicted molar refractivity (Wildman–Crippen MR) is 121 cm³/mol. The van der Waals surface area contributed by atoms with E-state index in [1.807, 2.05) is 25.0 Å². The summed E-state index contributed by atoms with van der Waals surface area (Å²) < 4.78 is 2.95. The Labute approximate surface area is 180 Å². The number of hydrogen-bond donors (Lipinski definition) is 2. The first kappa shape index (κ1) is 21.0. The van der Waals surface area contributed by atoms with E-state index >= 15 is 0 Å². The fourth-order valence-corrected chi connectivity index (χ4v) is 3.34. The molecule has 0 aliphatic carbocycles. The monoisotopic (exact) mass is 532 g/mol. The number of anilines is 1. The second kappa shape index (κ2) is 10.1. The molecular weight excluding hydrogens is 507 g/mol. The molecule has 1 aromatic carbocycles. The zero-order chi connectivity index (χ0) is 17.6. The maximum Gasteiger partial charge on any atom is 0.191 e. The molecular formula is C18H26BrIN6. The second-order valence-electron chi connectivity index (χ2n) is 6.35. The van der Waals surface area contributed by atoms with Crippen molar-refractivity contribution in [1.82, 2.24) is 20.4 Å².